The smallest absolute Gasteiger partial charge is 0.262 e. The lowest BCUT2D eigenvalue weighted by Crippen LogP contribution is -2.39. The molecule has 0 spiro atoms. The average Bonchev–Trinajstić information content (AvgIpc) is 2.49. The van der Waals surface area contributed by atoms with Gasteiger partial charge in [-0.1, -0.05) is 0 Å². The zero-order valence-electron chi connectivity index (χ0n) is 9.08. The summed E-state index contributed by atoms with van der Waals surface area (Å²) in [5.74, 6) is -0.00812. The summed E-state index contributed by atoms with van der Waals surface area (Å²) in [6, 6.07) is 2.04. The fourth-order valence-electron chi connectivity index (χ4n) is 1.34. The molecule has 5 heteroatoms. The molecule has 1 heterocycles. The summed E-state index contributed by atoms with van der Waals surface area (Å²) >= 11 is 4.79. The Balaban J connectivity index is 2.53. The van der Waals surface area contributed by atoms with Gasteiger partial charge in [0.25, 0.3) is 5.91 Å². The topological polar surface area (TPSA) is 32.3 Å². The Morgan fingerprint density at radius 2 is 2.33 bits per heavy atom. The van der Waals surface area contributed by atoms with Crippen LogP contribution in [0.2, 0.25) is 0 Å². The van der Waals surface area contributed by atoms with Crippen molar-refractivity contribution >= 4 is 33.2 Å². The number of halogens is 1. The van der Waals surface area contributed by atoms with Gasteiger partial charge < -0.3 is 10.2 Å². The Hall–Kier alpha value is -0.390. The molecule has 0 aliphatic rings. The zero-order chi connectivity index (χ0) is 11.4. The van der Waals surface area contributed by atoms with Crippen molar-refractivity contribution in [3.05, 3.63) is 20.8 Å². The fourth-order valence-corrected chi connectivity index (χ4v) is 2.79. The third-order valence-electron chi connectivity index (χ3n) is 1.84. The molecule has 0 bridgehead atoms. The summed E-state index contributed by atoms with van der Waals surface area (Å²) in [6.07, 6.45) is 0. The summed E-state index contributed by atoms with van der Waals surface area (Å²) in [4.78, 5) is 14.6. The number of likely N-dealkylation sites (N-methyl/N-ethyl adjacent to an activating group) is 1. The fraction of sp³-hybridized carbons (Fsp3) is 0.500. The number of rotatable bonds is 4. The molecular weight excluding hydrogens is 276 g/mol. The largest absolute Gasteiger partial charge is 0.348 e. The Kier molecular flexibility index (Phi) is 4.76. The minimum absolute atomic E-state index is 0.00812. The van der Waals surface area contributed by atoms with Gasteiger partial charge in [-0.25, -0.2) is 0 Å². The third kappa shape index (κ3) is 3.93. The first-order valence-corrected chi connectivity index (χ1v) is 6.36. The van der Waals surface area contributed by atoms with Gasteiger partial charge in [-0.2, -0.15) is 0 Å². The average molecular weight is 291 g/mol. The van der Waals surface area contributed by atoms with Gasteiger partial charge in [-0.05, 0) is 48.4 Å². The van der Waals surface area contributed by atoms with E-state index in [9.17, 15) is 4.79 Å². The van der Waals surface area contributed by atoms with Gasteiger partial charge in [0.1, 0.15) is 4.88 Å². The number of hydrogen-bond donors (Lipinski definition) is 1. The van der Waals surface area contributed by atoms with Crippen molar-refractivity contribution in [1.82, 2.24) is 10.2 Å². The Bertz CT molecular complexity index is 338. The maximum Gasteiger partial charge on any atom is 0.262 e. The molecule has 0 aliphatic carbocycles. The molecule has 3 nitrogen and oxygen atoms in total. The Morgan fingerprint density at radius 1 is 1.67 bits per heavy atom. The third-order valence-corrected chi connectivity index (χ3v) is 3.68. The molecule has 1 atom stereocenters. The maximum atomic E-state index is 11.8. The highest BCUT2D eigenvalue weighted by Crippen LogP contribution is 2.22. The molecule has 0 aromatic carbocycles. The van der Waals surface area contributed by atoms with Crippen molar-refractivity contribution in [1.29, 1.82) is 0 Å². The van der Waals surface area contributed by atoms with Gasteiger partial charge >= 0.3 is 0 Å². The number of nitrogens with one attached hydrogen (secondary N) is 1. The highest BCUT2D eigenvalue weighted by Gasteiger charge is 2.14. The van der Waals surface area contributed by atoms with Crippen LogP contribution < -0.4 is 5.32 Å². The molecule has 1 rings (SSSR count). The van der Waals surface area contributed by atoms with Crippen LogP contribution in [0.4, 0.5) is 0 Å². The van der Waals surface area contributed by atoms with E-state index in [1.807, 2.05) is 32.5 Å². The molecule has 1 aromatic heterocycles. The highest BCUT2D eigenvalue weighted by molar-refractivity contribution is 9.10. The minimum Gasteiger partial charge on any atom is -0.348 e. The summed E-state index contributed by atoms with van der Waals surface area (Å²) in [6.45, 7) is 2.84. The summed E-state index contributed by atoms with van der Waals surface area (Å²) < 4.78 is 0.863. The van der Waals surface area contributed by atoms with E-state index >= 15 is 0 Å². The Labute approximate surface area is 103 Å². The molecule has 0 radical (unpaired) electrons. The number of thiophene rings is 1. The predicted octanol–water partition coefficient (Wildman–Crippen LogP) is 2.19. The number of carbonyl (C=O) groups excluding carboxylic acids is 1. The van der Waals surface area contributed by atoms with Crippen LogP contribution in [0.1, 0.15) is 16.6 Å². The minimum atomic E-state index is -0.00812. The van der Waals surface area contributed by atoms with Crippen LogP contribution in [0.3, 0.4) is 0 Å². The van der Waals surface area contributed by atoms with Crippen LogP contribution in [0.15, 0.2) is 15.9 Å². The number of nitrogens with zero attached hydrogens (tertiary/aromatic N) is 1. The molecule has 0 fully saturated rings. The van der Waals surface area contributed by atoms with E-state index in [0.717, 1.165) is 15.9 Å². The molecule has 0 aliphatic heterocycles. The molecule has 15 heavy (non-hydrogen) atoms. The lowest BCUT2D eigenvalue weighted by molar-refractivity contribution is 0.0938. The first-order chi connectivity index (χ1) is 7.00. The van der Waals surface area contributed by atoms with Crippen molar-refractivity contribution in [3.8, 4) is 0 Å². The second-order valence-corrected chi connectivity index (χ2v) is 5.50. The number of amides is 1. The lowest BCUT2D eigenvalue weighted by atomic mass is 10.3. The van der Waals surface area contributed by atoms with E-state index in [1.165, 1.54) is 11.3 Å². The van der Waals surface area contributed by atoms with Crippen LogP contribution >= 0.6 is 27.3 Å². The van der Waals surface area contributed by atoms with Crippen LogP contribution in [-0.4, -0.2) is 37.5 Å². The Morgan fingerprint density at radius 3 is 2.80 bits per heavy atom. The van der Waals surface area contributed by atoms with Gasteiger partial charge in [0.05, 0.1) is 0 Å². The molecule has 1 N–H and O–H groups in total. The van der Waals surface area contributed by atoms with Crippen LogP contribution in [-0.2, 0) is 0 Å². The van der Waals surface area contributed by atoms with Crippen molar-refractivity contribution < 1.29 is 4.79 Å². The molecule has 84 valence electrons. The predicted molar refractivity (Wildman–Crippen MR) is 67.5 cm³/mol. The quantitative estimate of drug-likeness (QED) is 0.922. The molecule has 0 saturated heterocycles. The molecule has 1 aromatic rings. The van der Waals surface area contributed by atoms with Crippen molar-refractivity contribution in [2.24, 2.45) is 0 Å². The normalized spacial score (nSPS) is 12.9. The number of carbonyl (C=O) groups is 1. The van der Waals surface area contributed by atoms with E-state index in [1.54, 1.807) is 0 Å². The second kappa shape index (κ2) is 5.63. The molecule has 0 saturated carbocycles. The van der Waals surface area contributed by atoms with Gasteiger partial charge in [-0.3, -0.25) is 4.79 Å². The highest BCUT2D eigenvalue weighted by atomic mass is 79.9. The maximum absolute atomic E-state index is 11.8. The van der Waals surface area contributed by atoms with E-state index in [2.05, 4.69) is 26.1 Å². The van der Waals surface area contributed by atoms with Crippen molar-refractivity contribution in [2.45, 2.75) is 13.0 Å². The van der Waals surface area contributed by atoms with Gasteiger partial charge in [0, 0.05) is 17.1 Å². The molecule has 1 unspecified atom stereocenters. The summed E-state index contributed by atoms with van der Waals surface area (Å²) in [7, 11) is 3.98. The molecular formula is C10H15BrN2OS. The van der Waals surface area contributed by atoms with E-state index in [4.69, 9.17) is 0 Å². The lowest BCUT2D eigenvalue weighted by Gasteiger charge is -2.17. The van der Waals surface area contributed by atoms with E-state index in [-0.39, 0.29) is 11.9 Å². The van der Waals surface area contributed by atoms with E-state index in [0.29, 0.717) is 0 Å². The zero-order valence-corrected chi connectivity index (χ0v) is 11.5. The van der Waals surface area contributed by atoms with Crippen LogP contribution in [0.5, 0.6) is 0 Å². The SMILES string of the molecule is CC(CN(C)C)NC(=O)c1sccc1Br. The van der Waals surface area contributed by atoms with Crippen molar-refractivity contribution in [3.63, 3.8) is 0 Å². The van der Waals surface area contributed by atoms with Gasteiger partial charge in [0.15, 0.2) is 0 Å². The second-order valence-electron chi connectivity index (χ2n) is 3.73. The van der Waals surface area contributed by atoms with Gasteiger partial charge in [-0.15, -0.1) is 11.3 Å². The van der Waals surface area contributed by atoms with Crippen LogP contribution in [0.25, 0.3) is 0 Å². The van der Waals surface area contributed by atoms with Crippen molar-refractivity contribution in [2.75, 3.05) is 20.6 Å². The van der Waals surface area contributed by atoms with Gasteiger partial charge in [0.2, 0.25) is 0 Å². The monoisotopic (exact) mass is 290 g/mol. The summed E-state index contributed by atoms with van der Waals surface area (Å²) in [5, 5.41) is 4.85. The van der Waals surface area contributed by atoms with E-state index < -0.39 is 0 Å². The summed E-state index contributed by atoms with van der Waals surface area (Å²) in [5.41, 5.74) is 0. The number of hydrogen-bond acceptors (Lipinski definition) is 3. The standard InChI is InChI=1S/C10H15BrN2OS/c1-7(6-13(2)3)12-10(14)9-8(11)4-5-15-9/h4-5,7H,6H2,1-3H3,(H,12,14). The first kappa shape index (κ1) is 12.7. The van der Waals surface area contributed by atoms with Crippen LogP contribution in [0, 0.1) is 0 Å². The first-order valence-electron chi connectivity index (χ1n) is 4.69. The molecule has 1 amide bonds.